The van der Waals surface area contributed by atoms with Crippen molar-refractivity contribution in [1.29, 1.82) is 0 Å². The van der Waals surface area contributed by atoms with Crippen LogP contribution >= 0.6 is 0 Å². The van der Waals surface area contributed by atoms with Crippen LogP contribution in [0.3, 0.4) is 0 Å². The molecule has 0 aliphatic heterocycles. The van der Waals surface area contributed by atoms with Crippen LogP contribution in [-0.4, -0.2) is 19.6 Å². The molecule has 0 fully saturated rings. The van der Waals surface area contributed by atoms with Gasteiger partial charge in [-0.25, -0.2) is 0 Å². The van der Waals surface area contributed by atoms with E-state index in [1.54, 1.807) is 12.1 Å². The minimum atomic E-state index is -2.94. The molecule has 2 aromatic rings. The van der Waals surface area contributed by atoms with Crippen LogP contribution in [0.5, 0.6) is 11.5 Å². The minimum Gasteiger partial charge on any atom is -0.493 e. The van der Waals surface area contributed by atoms with E-state index in [1.807, 2.05) is 19.1 Å². The molecule has 2 aromatic carbocycles. The Balaban J connectivity index is 2.15. The Kier molecular flexibility index (Phi) is 4.93. The van der Waals surface area contributed by atoms with Crippen LogP contribution in [0.25, 0.3) is 0 Å². The second-order valence-corrected chi connectivity index (χ2v) is 4.56. The molecule has 0 saturated heterocycles. The molecule has 0 saturated carbocycles. The van der Waals surface area contributed by atoms with Gasteiger partial charge in [-0.2, -0.15) is 8.78 Å². The van der Waals surface area contributed by atoms with E-state index in [2.05, 4.69) is 10.1 Å². The number of aryl methyl sites for hydroxylation is 1. The number of anilines is 1. The van der Waals surface area contributed by atoms with E-state index in [-0.39, 0.29) is 17.4 Å². The number of amides is 1. The SMILES string of the molecule is COc1cc(NC(=O)c2ccc(C)cc2)ccc1OC(F)F. The van der Waals surface area contributed by atoms with E-state index < -0.39 is 6.61 Å². The third-order valence-electron chi connectivity index (χ3n) is 2.95. The molecule has 0 aliphatic carbocycles. The van der Waals surface area contributed by atoms with Crippen molar-refractivity contribution in [3.05, 3.63) is 53.6 Å². The van der Waals surface area contributed by atoms with Gasteiger partial charge in [0.15, 0.2) is 11.5 Å². The summed E-state index contributed by atoms with van der Waals surface area (Å²) in [5, 5.41) is 2.67. The lowest BCUT2D eigenvalue weighted by atomic mass is 10.1. The lowest BCUT2D eigenvalue weighted by Gasteiger charge is -2.12. The number of carbonyl (C=O) groups excluding carboxylic acids is 1. The van der Waals surface area contributed by atoms with Gasteiger partial charge in [0, 0.05) is 17.3 Å². The lowest BCUT2D eigenvalue weighted by Crippen LogP contribution is -2.12. The van der Waals surface area contributed by atoms with Crippen molar-refractivity contribution in [2.75, 3.05) is 12.4 Å². The fourth-order valence-electron chi connectivity index (χ4n) is 1.85. The topological polar surface area (TPSA) is 47.6 Å². The van der Waals surface area contributed by atoms with Gasteiger partial charge < -0.3 is 14.8 Å². The molecule has 0 aromatic heterocycles. The molecule has 116 valence electrons. The first-order valence-electron chi connectivity index (χ1n) is 6.50. The standard InChI is InChI=1S/C16H15F2NO3/c1-10-3-5-11(6-4-10)15(20)19-12-7-8-13(22-16(17)18)14(9-12)21-2/h3-9,16H,1-2H3,(H,19,20). The van der Waals surface area contributed by atoms with Gasteiger partial charge in [-0.3, -0.25) is 4.79 Å². The number of halogens is 2. The number of hydrogen-bond acceptors (Lipinski definition) is 3. The van der Waals surface area contributed by atoms with E-state index in [0.29, 0.717) is 11.3 Å². The predicted molar refractivity (Wildman–Crippen MR) is 78.8 cm³/mol. The van der Waals surface area contributed by atoms with E-state index in [4.69, 9.17) is 4.74 Å². The Morgan fingerprint density at radius 2 is 1.77 bits per heavy atom. The predicted octanol–water partition coefficient (Wildman–Crippen LogP) is 3.86. The molecule has 0 bridgehead atoms. The number of nitrogens with one attached hydrogen (secondary N) is 1. The largest absolute Gasteiger partial charge is 0.493 e. The normalized spacial score (nSPS) is 10.4. The number of rotatable bonds is 5. The molecule has 1 N–H and O–H groups in total. The summed E-state index contributed by atoms with van der Waals surface area (Å²) in [6.45, 7) is -1.02. The summed E-state index contributed by atoms with van der Waals surface area (Å²) in [7, 11) is 1.33. The number of alkyl halides is 2. The molecule has 0 radical (unpaired) electrons. The third kappa shape index (κ3) is 3.94. The molecular weight excluding hydrogens is 292 g/mol. The van der Waals surface area contributed by atoms with Gasteiger partial charge in [-0.1, -0.05) is 17.7 Å². The van der Waals surface area contributed by atoms with Crippen LogP contribution in [0.4, 0.5) is 14.5 Å². The Morgan fingerprint density at radius 3 is 2.36 bits per heavy atom. The summed E-state index contributed by atoms with van der Waals surface area (Å²) in [6.07, 6.45) is 0. The Labute approximate surface area is 126 Å². The van der Waals surface area contributed by atoms with Crippen molar-refractivity contribution in [3.63, 3.8) is 0 Å². The summed E-state index contributed by atoms with van der Waals surface area (Å²) >= 11 is 0. The molecule has 2 rings (SSSR count). The highest BCUT2D eigenvalue weighted by atomic mass is 19.3. The maximum absolute atomic E-state index is 12.3. The van der Waals surface area contributed by atoms with Gasteiger partial charge in [0.1, 0.15) is 0 Å². The molecule has 6 heteroatoms. The molecule has 22 heavy (non-hydrogen) atoms. The molecule has 0 aliphatic rings. The fourth-order valence-corrected chi connectivity index (χ4v) is 1.85. The van der Waals surface area contributed by atoms with E-state index >= 15 is 0 Å². The number of methoxy groups -OCH3 is 1. The summed E-state index contributed by atoms with van der Waals surface area (Å²) in [5.74, 6) is -0.280. The number of hydrogen-bond donors (Lipinski definition) is 1. The average Bonchev–Trinajstić information content (AvgIpc) is 2.49. The second-order valence-electron chi connectivity index (χ2n) is 4.56. The zero-order valence-corrected chi connectivity index (χ0v) is 12.1. The number of carbonyl (C=O) groups is 1. The zero-order valence-electron chi connectivity index (χ0n) is 12.1. The van der Waals surface area contributed by atoms with Gasteiger partial charge in [0.25, 0.3) is 5.91 Å². The monoisotopic (exact) mass is 307 g/mol. The quantitative estimate of drug-likeness (QED) is 0.912. The van der Waals surface area contributed by atoms with Crippen molar-refractivity contribution < 1.29 is 23.0 Å². The van der Waals surface area contributed by atoms with Crippen LogP contribution in [-0.2, 0) is 0 Å². The van der Waals surface area contributed by atoms with Gasteiger partial charge in [-0.05, 0) is 31.2 Å². The van der Waals surface area contributed by atoms with Crippen LogP contribution in [0.15, 0.2) is 42.5 Å². The first kappa shape index (κ1) is 15.8. The highest BCUT2D eigenvalue weighted by molar-refractivity contribution is 6.04. The molecule has 1 amide bonds. The number of ether oxygens (including phenoxy) is 2. The van der Waals surface area contributed by atoms with E-state index in [1.165, 1.54) is 25.3 Å². The van der Waals surface area contributed by atoms with Crippen LogP contribution in [0, 0.1) is 6.92 Å². The molecule has 4 nitrogen and oxygen atoms in total. The lowest BCUT2D eigenvalue weighted by molar-refractivity contribution is -0.0512. The van der Waals surface area contributed by atoms with Gasteiger partial charge in [0.2, 0.25) is 0 Å². The zero-order chi connectivity index (χ0) is 16.1. The molecule has 0 spiro atoms. The van der Waals surface area contributed by atoms with Crippen molar-refractivity contribution in [2.45, 2.75) is 13.5 Å². The van der Waals surface area contributed by atoms with Crippen LogP contribution in [0.2, 0.25) is 0 Å². The van der Waals surface area contributed by atoms with Crippen molar-refractivity contribution in [1.82, 2.24) is 0 Å². The highest BCUT2D eigenvalue weighted by Gasteiger charge is 2.12. The van der Waals surface area contributed by atoms with E-state index in [9.17, 15) is 13.6 Å². The van der Waals surface area contributed by atoms with Gasteiger partial charge in [-0.15, -0.1) is 0 Å². The second kappa shape index (κ2) is 6.89. The van der Waals surface area contributed by atoms with Crippen LogP contribution < -0.4 is 14.8 Å². The first-order chi connectivity index (χ1) is 10.5. The van der Waals surface area contributed by atoms with Crippen LogP contribution in [0.1, 0.15) is 15.9 Å². The summed E-state index contributed by atoms with van der Waals surface area (Å²) in [5.41, 5.74) is 1.97. The molecule has 0 heterocycles. The van der Waals surface area contributed by atoms with Gasteiger partial charge in [0.05, 0.1) is 7.11 Å². The highest BCUT2D eigenvalue weighted by Crippen LogP contribution is 2.31. The summed E-state index contributed by atoms with van der Waals surface area (Å²) < 4.78 is 33.8. The van der Waals surface area contributed by atoms with Gasteiger partial charge >= 0.3 is 6.61 Å². The molecule has 0 atom stereocenters. The Bertz CT molecular complexity index is 657. The Morgan fingerprint density at radius 1 is 1.09 bits per heavy atom. The van der Waals surface area contributed by atoms with Crippen molar-refractivity contribution in [2.24, 2.45) is 0 Å². The summed E-state index contributed by atoms with van der Waals surface area (Å²) in [6, 6.07) is 11.3. The number of benzene rings is 2. The third-order valence-corrected chi connectivity index (χ3v) is 2.95. The fraction of sp³-hybridized carbons (Fsp3) is 0.188. The maximum Gasteiger partial charge on any atom is 0.387 e. The maximum atomic E-state index is 12.3. The van der Waals surface area contributed by atoms with Crippen molar-refractivity contribution >= 4 is 11.6 Å². The van der Waals surface area contributed by atoms with E-state index in [0.717, 1.165) is 5.56 Å². The first-order valence-corrected chi connectivity index (χ1v) is 6.50. The summed E-state index contributed by atoms with van der Waals surface area (Å²) in [4.78, 5) is 12.1. The Hall–Kier alpha value is -2.63. The minimum absolute atomic E-state index is 0.0918. The molecular formula is C16H15F2NO3. The smallest absolute Gasteiger partial charge is 0.387 e. The molecule has 0 unspecified atom stereocenters. The van der Waals surface area contributed by atoms with Crippen molar-refractivity contribution in [3.8, 4) is 11.5 Å². The average molecular weight is 307 g/mol.